The van der Waals surface area contributed by atoms with Gasteiger partial charge in [0.1, 0.15) is 0 Å². The molecule has 15 heavy (non-hydrogen) atoms. The molecule has 1 aliphatic heterocycles. The summed E-state index contributed by atoms with van der Waals surface area (Å²) in [6.07, 6.45) is 0. The molecule has 3 heteroatoms. The molecule has 0 aromatic heterocycles. The second kappa shape index (κ2) is 6.46. The number of rotatable bonds is 7. The van der Waals surface area contributed by atoms with E-state index < -0.39 is 0 Å². The first-order valence-electron chi connectivity index (χ1n) is 6.15. The van der Waals surface area contributed by atoms with Crippen molar-refractivity contribution < 1.29 is 0 Å². The molecule has 1 heterocycles. The Morgan fingerprint density at radius 1 is 1.20 bits per heavy atom. The van der Waals surface area contributed by atoms with E-state index in [4.69, 9.17) is 0 Å². The second-order valence-corrected chi connectivity index (χ2v) is 5.48. The van der Waals surface area contributed by atoms with Crippen LogP contribution >= 0.6 is 0 Å². The molecule has 0 unspecified atom stereocenters. The van der Waals surface area contributed by atoms with Crippen LogP contribution < -0.4 is 5.32 Å². The number of nitrogens with one attached hydrogen (secondary N) is 1. The summed E-state index contributed by atoms with van der Waals surface area (Å²) < 4.78 is 0. The molecular formula is C12H27N3. The smallest absolute Gasteiger partial charge is 0.0109 e. The third kappa shape index (κ3) is 5.50. The summed E-state index contributed by atoms with van der Waals surface area (Å²) >= 11 is 0. The lowest BCUT2D eigenvalue weighted by atomic mass is 10.0. The first kappa shape index (κ1) is 12.9. The summed E-state index contributed by atoms with van der Waals surface area (Å²) in [7, 11) is 4.30. The van der Waals surface area contributed by atoms with E-state index in [9.17, 15) is 0 Å². The molecule has 0 radical (unpaired) electrons. The zero-order valence-corrected chi connectivity index (χ0v) is 10.8. The number of hydrogen-bond acceptors (Lipinski definition) is 3. The van der Waals surface area contributed by atoms with Crippen molar-refractivity contribution >= 4 is 0 Å². The minimum absolute atomic E-state index is 0.778. The topological polar surface area (TPSA) is 18.5 Å². The van der Waals surface area contributed by atoms with Crippen molar-refractivity contribution in [3.63, 3.8) is 0 Å². The Hall–Kier alpha value is -0.120. The summed E-state index contributed by atoms with van der Waals surface area (Å²) in [4.78, 5) is 4.89. The van der Waals surface area contributed by atoms with Gasteiger partial charge in [0.25, 0.3) is 0 Å². The first-order chi connectivity index (χ1) is 7.08. The standard InChI is InChI=1S/C12H27N3/c1-11(2)9-15(6-5-14(3)4)10-12-7-13-8-12/h11-13H,5-10H2,1-4H3. The van der Waals surface area contributed by atoms with E-state index >= 15 is 0 Å². The fraction of sp³-hybridized carbons (Fsp3) is 1.00. The Bertz CT molecular complexity index is 164. The molecule has 3 nitrogen and oxygen atoms in total. The molecule has 0 saturated carbocycles. The maximum absolute atomic E-state index is 3.35. The van der Waals surface area contributed by atoms with Crippen LogP contribution in [0.3, 0.4) is 0 Å². The first-order valence-corrected chi connectivity index (χ1v) is 6.15. The van der Waals surface area contributed by atoms with E-state index in [-0.39, 0.29) is 0 Å². The Balaban J connectivity index is 2.23. The maximum Gasteiger partial charge on any atom is 0.0109 e. The van der Waals surface area contributed by atoms with Crippen LogP contribution in [0.2, 0.25) is 0 Å². The molecule has 0 aromatic rings. The van der Waals surface area contributed by atoms with Crippen LogP contribution in [0, 0.1) is 11.8 Å². The summed E-state index contributed by atoms with van der Waals surface area (Å²) in [5.74, 6) is 1.67. The van der Waals surface area contributed by atoms with Crippen molar-refractivity contribution in [3.05, 3.63) is 0 Å². The maximum atomic E-state index is 3.35. The normalized spacial score (nSPS) is 17.8. The van der Waals surface area contributed by atoms with Crippen molar-refractivity contribution in [3.8, 4) is 0 Å². The minimum atomic E-state index is 0.778. The largest absolute Gasteiger partial charge is 0.316 e. The predicted molar refractivity (Wildman–Crippen MR) is 66.2 cm³/mol. The molecule has 0 bridgehead atoms. The van der Waals surface area contributed by atoms with Crippen molar-refractivity contribution in [2.75, 3.05) is 53.4 Å². The predicted octanol–water partition coefficient (Wildman–Crippen LogP) is 0.725. The number of hydrogen-bond donors (Lipinski definition) is 1. The second-order valence-electron chi connectivity index (χ2n) is 5.48. The lowest BCUT2D eigenvalue weighted by Gasteiger charge is -2.34. The van der Waals surface area contributed by atoms with Gasteiger partial charge in [0.15, 0.2) is 0 Å². The van der Waals surface area contributed by atoms with Crippen LogP contribution in [0.5, 0.6) is 0 Å². The number of likely N-dealkylation sites (N-methyl/N-ethyl adjacent to an activating group) is 1. The van der Waals surface area contributed by atoms with E-state index in [1.54, 1.807) is 0 Å². The van der Waals surface area contributed by atoms with E-state index in [0.29, 0.717) is 0 Å². The van der Waals surface area contributed by atoms with Gasteiger partial charge in [-0.2, -0.15) is 0 Å². The van der Waals surface area contributed by atoms with Gasteiger partial charge in [-0.25, -0.2) is 0 Å². The lowest BCUT2D eigenvalue weighted by Crippen LogP contribution is -2.49. The number of nitrogens with zero attached hydrogens (tertiary/aromatic N) is 2. The Morgan fingerprint density at radius 2 is 1.87 bits per heavy atom. The summed E-state index contributed by atoms with van der Waals surface area (Å²) in [5, 5.41) is 3.35. The molecule has 1 saturated heterocycles. The highest BCUT2D eigenvalue weighted by Crippen LogP contribution is 2.08. The van der Waals surface area contributed by atoms with Gasteiger partial charge >= 0.3 is 0 Å². The van der Waals surface area contributed by atoms with Gasteiger partial charge < -0.3 is 15.1 Å². The fourth-order valence-electron chi connectivity index (χ4n) is 1.96. The zero-order chi connectivity index (χ0) is 11.3. The average molecular weight is 213 g/mol. The van der Waals surface area contributed by atoms with Crippen molar-refractivity contribution in [1.82, 2.24) is 15.1 Å². The molecule has 0 spiro atoms. The Labute approximate surface area is 94.8 Å². The molecule has 1 aliphatic rings. The Morgan fingerprint density at radius 3 is 2.27 bits per heavy atom. The molecule has 1 fully saturated rings. The van der Waals surface area contributed by atoms with Gasteiger partial charge in [0.2, 0.25) is 0 Å². The van der Waals surface area contributed by atoms with Gasteiger partial charge in [0, 0.05) is 39.3 Å². The van der Waals surface area contributed by atoms with E-state index in [1.807, 2.05) is 0 Å². The molecule has 0 aromatic carbocycles. The van der Waals surface area contributed by atoms with Crippen LogP contribution in [0.25, 0.3) is 0 Å². The van der Waals surface area contributed by atoms with Crippen LogP contribution in [0.4, 0.5) is 0 Å². The molecule has 1 N–H and O–H groups in total. The quantitative estimate of drug-likeness (QED) is 0.672. The highest BCUT2D eigenvalue weighted by molar-refractivity contribution is 4.78. The monoisotopic (exact) mass is 213 g/mol. The van der Waals surface area contributed by atoms with E-state index in [0.717, 1.165) is 11.8 Å². The Kier molecular flexibility index (Phi) is 5.58. The summed E-state index contributed by atoms with van der Waals surface area (Å²) in [5.41, 5.74) is 0. The minimum Gasteiger partial charge on any atom is -0.316 e. The van der Waals surface area contributed by atoms with Crippen molar-refractivity contribution in [2.45, 2.75) is 13.8 Å². The van der Waals surface area contributed by atoms with Crippen LogP contribution in [0.15, 0.2) is 0 Å². The molecule has 90 valence electrons. The SMILES string of the molecule is CC(C)CN(CCN(C)C)CC1CNC1. The highest BCUT2D eigenvalue weighted by atomic mass is 15.2. The van der Waals surface area contributed by atoms with Gasteiger partial charge in [-0.1, -0.05) is 13.8 Å². The highest BCUT2D eigenvalue weighted by Gasteiger charge is 2.20. The van der Waals surface area contributed by atoms with Gasteiger partial charge in [-0.05, 0) is 25.9 Å². The summed E-state index contributed by atoms with van der Waals surface area (Å²) in [6, 6.07) is 0. The van der Waals surface area contributed by atoms with Gasteiger partial charge in [0.05, 0.1) is 0 Å². The van der Waals surface area contributed by atoms with E-state index in [1.165, 1.54) is 39.3 Å². The average Bonchev–Trinajstić information content (AvgIpc) is 2.05. The molecule has 0 amide bonds. The van der Waals surface area contributed by atoms with E-state index in [2.05, 4.69) is 43.1 Å². The van der Waals surface area contributed by atoms with Crippen LogP contribution in [0.1, 0.15) is 13.8 Å². The van der Waals surface area contributed by atoms with Crippen molar-refractivity contribution in [1.29, 1.82) is 0 Å². The zero-order valence-electron chi connectivity index (χ0n) is 10.8. The molecule has 0 aliphatic carbocycles. The fourth-order valence-corrected chi connectivity index (χ4v) is 1.96. The lowest BCUT2D eigenvalue weighted by molar-refractivity contribution is 0.164. The van der Waals surface area contributed by atoms with Gasteiger partial charge in [-0.3, -0.25) is 0 Å². The van der Waals surface area contributed by atoms with Crippen molar-refractivity contribution in [2.24, 2.45) is 11.8 Å². The molecule has 1 rings (SSSR count). The van der Waals surface area contributed by atoms with Crippen LogP contribution in [-0.4, -0.2) is 63.2 Å². The molecule has 0 atom stereocenters. The summed E-state index contributed by atoms with van der Waals surface area (Å²) in [6.45, 7) is 12.0. The van der Waals surface area contributed by atoms with Crippen LogP contribution in [-0.2, 0) is 0 Å². The van der Waals surface area contributed by atoms with Gasteiger partial charge in [-0.15, -0.1) is 0 Å². The third-order valence-corrected chi connectivity index (χ3v) is 2.87. The third-order valence-electron chi connectivity index (χ3n) is 2.87. The molecular weight excluding hydrogens is 186 g/mol.